The quantitative estimate of drug-likeness (QED) is 0.854. The van der Waals surface area contributed by atoms with Crippen molar-refractivity contribution >= 4 is 5.69 Å². The molecular weight excluding hydrogens is 267 g/mol. The number of rotatable bonds is 6. The van der Waals surface area contributed by atoms with Crippen LogP contribution in [0.1, 0.15) is 32.4 Å². The van der Waals surface area contributed by atoms with Gasteiger partial charge in [0.25, 0.3) is 0 Å². The minimum absolute atomic E-state index is 0.0583. The van der Waals surface area contributed by atoms with Crippen molar-refractivity contribution in [3.05, 3.63) is 54.1 Å². The predicted octanol–water partition coefficient (Wildman–Crippen LogP) is 4.43. The highest BCUT2D eigenvalue weighted by atomic mass is 19.1. The Balaban J connectivity index is 2.11. The maximum atomic E-state index is 13.2. The first kappa shape index (κ1) is 15.3. The Bertz CT molecular complexity index is 587. The Hall–Kier alpha value is -2.10. The number of pyridine rings is 1. The van der Waals surface area contributed by atoms with E-state index in [1.165, 1.54) is 12.3 Å². The molecule has 1 atom stereocenters. The Morgan fingerprint density at radius 1 is 1.19 bits per heavy atom. The third kappa shape index (κ3) is 4.45. The van der Waals surface area contributed by atoms with E-state index in [0.717, 1.165) is 17.0 Å². The summed E-state index contributed by atoms with van der Waals surface area (Å²) in [5.74, 6) is 0.941. The van der Waals surface area contributed by atoms with Crippen LogP contribution in [0.3, 0.4) is 0 Å². The van der Waals surface area contributed by atoms with E-state index >= 15 is 0 Å². The molecule has 0 aliphatic rings. The van der Waals surface area contributed by atoms with E-state index in [1.807, 2.05) is 31.2 Å². The van der Waals surface area contributed by atoms with Gasteiger partial charge < -0.3 is 10.1 Å². The summed E-state index contributed by atoms with van der Waals surface area (Å²) in [6.45, 7) is 6.85. The van der Waals surface area contributed by atoms with Gasteiger partial charge in [0.2, 0.25) is 0 Å². The number of anilines is 1. The van der Waals surface area contributed by atoms with Crippen molar-refractivity contribution in [2.45, 2.75) is 26.8 Å². The Labute approximate surface area is 125 Å². The van der Waals surface area contributed by atoms with Gasteiger partial charge in [-0.1, -0.05) is 26.0 Å². The molecule has 0 aliphatic heterocycles. The number of hydrogen-bond acceptors (Lipinski definition) is 3. The van der Waals surface area contributed by atoms with Gasteiger partial charge in [0, 0.05) is 6.20 Å². The number of halogens is 1. The highest BCUT2D eigenvalue weighted by molar-refractivity contribution is 5.57. The normalized spacial score (nSPS) is 12.2. The van der Waals surface area contributed by atoms with Gasteiger partial charge in [0.05, 0.1) is 24.5 Å². The van der Waals surface area contributed by atoms with E-state index in [2.05, 4.69) is 24.1 Å². The monoisotopic (exact) mass is 288 g/mol. The van der Waals surface area contributed by atoms with Crippen molar-refractivity contribution in [1.29, 1.82) is 0 Å². The molecule has 3 nitrogen and oxygen atoms in total. The molecule has 0 saturated heterocycles. The molecule has 112 valence electrons. The average Bonchev–Trinajstić information content (AvgIpc) is 2.46. The first-order chi connectivity index (χ1) is 10.1. The van der Waals surface area contributed by atoms with Gasteiger partial charge in [-0.3, -0.25) is 4.98 Å². The van der Waals surface area contributed by atoms with Gasteiger partial charge in [-0.25, -0.2) is 4.39 Å². The molecule has 21 heavy (non-hydrogen) atoms. The topological polar surface area (TPSA) is 34.1 Å². The summed E-state index contributed by atoms with van der Waals surface area (Å²) in [6, 6.07) is 9.20. The summed E-state index contributed by atoms with van der Waals surface area (Å²) in [5, 5.41) is 3.35. The lowest BCUT2D eigenvalue weighted by Gasteiger charge is -2.19. The Morgan fingerprint density at radius 3 is 2.67 bits per heavy atom. The van der Waals surface area contributed by atoms with Crippen LogP contribution in [0.25, 0.3) is 0 Å². The van der Waals surface area contributed by atoms with Gasteiger partial charge in [0.15, 0.2) is 0 Å². The van der Waals surface area contributed by atoms with E-state index in [0.29, 0.717) is 12.5 Å². The molecule has 0 aliphatic carbocycles. The van der Waals surface area contributed by atoms with Crippen LogP contribution in [0, 0.1) is 11.7 Å². The second kappa shape index (κ2) is 7.07. The summed E-state index contributed by atoms with van der Waals surface area (Å²) in [6.07, 6.45) is 2.87. The molecule has 1 heterocycles. The van der Waals surface area contributed by atoms with E-state index in [4.69, 9.17) is 4.74 Å². The zero-order valence-electron chi connectivity index (χ0n) is 12.6. The van der Waals surface area contributed by atoms with E-state index < -0.39 is 0 Å². The standard InChI is InChI=1S/C17H21FN2O/c1-12(2)11-21-17-7-5-4-6-16(17)20-13(3)14-8-15(18)10-19-9-14/h4-10,12-13,20H,11H2,1-3H3. The summed E-state index contributed by atoms with van der Waals surface area (Å²) >= 11 is 0. The number of ether oxygens (including phenoxy) is 1. The molecule has 4 heteroatoms. The summed E-state index contributed by atoms with van der Waals surface area (Å²) in [4.78, 5) is 3.88. The lowest BCUT2D eigenvalue weighted by Crippen LogP contribution is -2.10. The lowest BCUT2D eigenvalue weighted by atomic mass is 10.1. The van der Waals surface area contributed by atoms with Crippen molar-refractivity contribution in [3.8, 4) is 5.75 Å². The van der Waals surface area contributed by atoms with Gasteiger partial charge in [-0.05, 0) is 36.6 Å². The van der Waals surface area contributed by atoms with Gasteiger partial charge in [-0.2, -0.15) is 0 Å². The second-order valence-electron chi connectivity index (χ2n) is 5.50. The smallest absolute Gasteiger partial charge is 0.142 e. The number of nitrogens with one attached hydrogen (secondary N) is 1. The van der Waals surface area contributed by atoms with Crippen molar-refractivity contribution in [2.24, 2.45) is 5.92 Å². The third-order valence-corrected chi connectivity index (χ3v) is 3.06. The molecule has 1 unspecified atom stereocenters. The highest BCUT2D eigenvalue weighted by Crippen LogP contribution is 2.28. The summed E-state index contributed by atoms with van der Waals surface area (Å²) in [7, 11) is 0. The predicted molar refractivity (Wildman–Crippen MR) is 83.0 cm³/mol. The molecule has 0 spiro atoms. The van der Waals surface area contributed by atoms with Crippen molar-refractivity contribution in [2.75, 3.05) is 11.9 Å². The fraction of sp³-hybridized carbons (Fsp3) is 0.353. The molecule has 0 fully saturated rings. The van der Waals surface area contributed by atoms with E-state index in [1.54, 1.807) is 6.20 Å². The molecule has 2 rings (SSSR count). The summed E-state index contributed by atoms with van der Waals surface area (Å²) < 4.78 is 19.0. The lowest BCUT2D eigenvalue weighted by molar-refractivity contribution is 0.272. The molecule has 0 bridgehead atoms. The number of aromatic nitrogens is 1. The molecule has 0 radical (unpaired) electrons. The van der Waals surface area contributed by atoms with Crippen molar-refractivity contribution in [3.63, 3.8) is 0 Å². The average molecular weight is 288 g/mol. The van der Waals surface area contributed by atoms with Crippen LogP contribution in [0.5, 0.6) is 5.75 Å². The molecule has 1 N–H and O–H groups in total. The Kier molecular flexibility index (Phi) is 5.14. The number of hydrogen-bond donors (Lipinski definition) is 1. The number of para-hydroxylation sites is 2. The molecule has 0 amide bonds. The van der Waals surface area contributed by atoms with Gasteiger partial charge >= 0.3 is 0 Å². The van der Waals surface area contributed by atoms with Crippen LogP contribution in [0.4, 0.5) is 10.1 Å². The van der Waals surface area contributed by atoms with Crippen LogP contribution in [0.15, 0.2) is 42.7 Å². The molecular formula is C17H21FN2O. The van der Waals surface area contributed by atoms with Crippen LogP contribution in [0.2, 0.25) is 0 Å². The van der Waals surface area contributed by atoms with Crippen LogP contribution >= 0.6 is 0 Å². The van der Waals surface area contributed by atoms with Crippen LogP contribution < -0.4 is 10.1 Å². The first-order valence-electron chi connectivity index (χ1n) is 7.15. The van der Waals surface area contributed by atoms with Gasteiger partial charge in [-0.15, -0.1) is 0 Å². The molecule has 0 saturated carbocycles. The third-order valence-electron chi connectivity index (χ3n) is 3.06. The SMILES string of the molecule is CC(C)COc1ccccc1NC(C)c1cncc(F)c1. The first-order valence-corrected chi connectivity index (χ1v) is 7.15. The summed E-state index contributed by atoms with van der Waals surface area (Å²) in [5.41, 5.74) is 1.70. The number of nitrogens with zero attached hydrogens (tertiary/aromatic N) is 1. The molecule has 1 aromatic heterocycles. The maximum absolute atomic E-state index is 13.2. The fourth-order valence-electron chi connectivity index (χ4n) is 1.95. The van der Waals surface area contributed by atoms with E-state index in [9.17, 15) is 4.39 Å². The largest absolute Gasteiger partial charge is 0.491 e. The maximum Gasteiger partial charge on any atom is 0.142 e. The Morgan fingerprint density at radius 2 is 1.95 bits per heavy atom. The second-order valence-corrected chi connectivity index (χ2v) is 5.50. The molecule has 2 aromatic rings. The van der Waals surface area contributed by atoms with Crippen LogP contribution in [-0.2, 0) is 0 Å². The minimum atomic E-state index is -0.328. The van der Waals surface area contributed by atoms with Gasteiger partial charge in [0.1, 0.15) is 11.6 Å². The number of benzene rings is 1. The highest BCUT2D eigenvalue weighted by Gasteiger charge is 2.10. The van der Waals surface area contributed by atoms with Crippen molar-refractivity contribution < 1.29 is 9.13 Å². The fourth-order valence-corrected chi connectivity index (χ4v) is 1.95. The minimum Gasteiger partial charge on any atom is -0.491 e. The van der Waals surface area contributed by atoms with Crippen LogP contribution in [-0.4, -0.2) is 11.6 Å². The zero-order chi connectivity index (χ0) is 15.2. The van der Waals surface area contributed by atoms with Crippen molar-refractivity contribution in [1.82, 2.24) is 4.98 Å². The molecule has 1 aromatic carbocycles. The zero-order valence-corrected chi connectivity index (χ0v) is 12.6. The van der Waals surface area contributed by atoms with E-state index in [-0.39, 0.29) is 11.9 Å².